The SMILES string of the molecule is COC(=O)[C@@H]1OC2(CCCCC2)O[C@@H]1c1ccccc1. The molecule has 0 amide bonds. The van der Waals surface area contributed by atoms with Gasteiger partial charge in [-0.15, -0.1) is 0 Å². The van der Waals surface area contributed by atoms with E-state index in [4.69, 9.17) is 14.2 Å². The molecule has 1 spiro atoms. The van der Waals surface area contributed by atoms with Crippen molar-refractivity contribution in [2.24, 2.45) is 0 Å². The standard InChI is InChI=1S/C16H20O4/c1-18-15(17)14-13(12-8-4-2-5-9-12)19-16(20-14)10-6-3-7-11-16/h2,4-5,8-9,13-14H,3,6-7,10-11H2,1H3/t13-,14-/m1/s1. The minimum atomic E-state index is -0.666. The molecule has 0 bridgehead atoms. The summed E-state index contributed by atoms with van der Waals surface area (Å²) in [6, 6.07) is 9.76. The number of methoxy groups -OCH3 is 1. The maximum atomic E-state index is 12.0. The van der Waals surface area contributed by atoms with Gasteiger partial charge in [0, 0.05) is 12.8 Å². The summed E-state index contributed by atoms with van der Waals surface area (Å²) >= 11 is 0. The third-order valence-electron chi connectivity index (χ3n) is 4.14. The highest BCUT2D eigenvalue weighted by Gasteiger charge is 2.51. The van der Waals surface area contributed by atoms with Crippen molar-refractivity contribution in [2.75, 3.05) is 7.11 Å². The summed E-state index contributed by atoms with van der Waals surface area (Å²) in [6.07, 6.45) is 4.02. The predicted octanol–water partition coefficient (Wildman–Crippen LogP) is 2.98. The molecule has 1 aromatic carbocycles. The van der Waals surface area contributed by atoms with Gasteiger partial charge >= 0.3 is 5.97 Å². The van der Waals surface area contributed by atoms with Gasteiger partial charge in [-0.2, -0.15) is 0 Å². The first-order valence-electron chi connectivity index (χ1n) is 7.22. The average molecular weight is 276 g/mol. The first kappa shape index (κ1) is 13.6. The Bertz CT molecular complexity index is 465. The Hall–Kier alpha value is -1.39. The lowest BCUT2D eigenvalue weighted by Crippen LogP contribution is -2.35. The zero-order valence-electron chi connectivity index (χ0n) is 11.7. The maximum Gasteiger partial charge on any atom is 0.338 e. The van der Waals surface area contributed by atoms with E-state index >= 15 is 0 Å². The number of hydrogen-bond donors (Lipinski definition) is 0. The fraction of sp³-hybridized carbons (Fsp3) is 0.562. The van der Waals surface area contributed by atoms with Gasteiger partial charge in [-0.25, -0.2) is 4.79 Å². The number of benzene rings is 1. The summed E-state index contributed by atoms with van der Waals surface area (Å²) < 4.78 is 17.1. The molecule has 2 fully saturated rings. The molecule has 1 saturated carbocycles. The van der Waals surface area contributed by atoms with Crippen LogP contribution in [0.25, 0.3) is 0 Å². The number of rotatable bonds is 2. The smallest absolute Gasteiger partial charge is 0.338 e. The molecule has 1 aromatic rings. The molecular weight excluding hydrogens is 256 g/mol. The summed E-state index contributed by atoms with van der Waals surface area (Å²) in [4.78, 5) is 12.0. The second kappa shape index (κ2) is 5.54. The van der Waals surface area contributed by atoms with Crippen LogP contribution >= 0.6 is 0 Å². The predicted molar refractivity (Wildman–Crippen MR) is 73.0 cm³/mol. The molecule has 4 heteroatoms. The molecule has 4 nitrogen and oxygen atoms in total. The van der Waals surface area contributed by atoms with E-state index in [2.05, 4.69) is 0 Å². The second-order valence-electron chi connectivity index (χ2n) is 5.48. The molecule has 1 saturated heterocycles. The molecule has 1 aliphatic carbocycles. The molecule has 20 heavy (non-hydrogen) atoms. The Morgan fingerprint density at radius 2 is 1.85 bits per heavy atom. The van der Waals surface area contributed by atoms with Crippen molar-refractivity contribution in [3.05, 3.63) is 35.9 Å². The fourth-order valence-corrected chi connectivity index (χ4v) is 3.11. The Kier molecular flexibility index (Phi) is 3.76. The van der Waals surface area contributed by atoms with E-state index in [9.17, 15) is 4.79 Å². The van der Waals surface area contributed by atoms with Crippen LogP contribution in [0, 0.1) is 0 Å². The van der Waals surface area contributed by atoms with Gasteiger partial charge in [0.1, 0.15) is 6.10 Å². The van der Waals surface area contributed by atoms with Gasteiger partial charge in [0.2, 0.25) is 0 Å². The highest BCUT2D eigenvalue weighted by atomic mass is 16.8. The maximum absolute atomic E-state index is 12.0. The van der Waals surface area contributed by atoms with Crippen molar-refractivity contribution in [2.45, 2.75) is 50.1 Å². The van der Waals surface area contributed by atoms with Gasteiger partial charge in [-0.1, -0.05) is 36.8 Å². The summed E-state index contributed by atoms with van der Waals surface area (Å²) in [5, 5.41) is 0. The molecule has 0 unspecified atom stereocenters. The van der Waals surface area contributed by atoms with E-state index in [0.29, 0.717) is 0 Å². The third kappa shape index (κ3) is 2.45. The van der Waals surface area contributed by atoms with Crippen molar-refractivity contribution in [3.8, 4) is 0 Å². The van der Waals surface area contributed by atoms with Crippen LogP contribution in [0.2, 0.25) is 0 Å². The largest absolute Gasteiger partial charge is 0.467 e. The Morgan fingerprint density at radius 3 is 2.50 bits per heavy atom. The topological polar surface area (TPSA) is 44.8 Å². The molecule has 108 valence electrons. The summed E-state index contributed by atoms with van der Waals surface area (Å²) in [5.74, 6) is -0.959. The molecule has 2 aliphatic rings. The van der Waals surface area contributed by atoms with Gasteiger partial charge in [0.15, 0.2) is 11.9 Å². The molecule has 0 aromatic heterocycles. The molecule has 0 radical (unpaired) electrons. The number of esters is 1. The average Bonchev–Trinajstić information content (AvgIpc) is 2.87. The van der Waals surface area contributed by atoms with E-state index in [-0.39, 0.29) is 12.1 Å². The lowest BCUT2D eigenvalue weighted by atomic mass is 9.94. The van der Waals surface area contributed by atoms with Crippen LogP contribution in [0.15, 0.2) is 30.3 Å². The third-order valence-corrected chi connectivity index (χ3v) is 4.14. The second-order valence-corrected chi connectivity index (χ2v) is 5.48. The minimum absolute atomic E-state index is 0.360. The zero-order valence-corrected chi connectivity index (χ0v) is 11.7. The lowest BCUT2D eigenvalue weighted by Gasteiger charge is -2.31. The number of ether oxygens (including phenoxy) is 3. The van der Waals surface area contributed by atoms with Gasteiger partial charge in [-0.05, 0) is 18.4 Å². The first-order chi connectivity index (χ1) is 9.74. The Balaban J connectivity index is 1.88. The van der Waals surface area contributed by atoms with Crippen LogP contribution in [0.1, 0.15) is 43.8 Å². The van der Waals surface area contributed by atoms with Crippen LogP contribution in [0.4, 0.5) is 0 Å². The van der Waals surface area contributed by atoms with Crippen LogP contribution in [-0.4, -0.2) is 25.0 Å². The van der Waals surface area contributed by atoms with Crippen molar-refractivity contribution in [1.82, 2.24) is 0 Å². The highest BCUT2D eigenvalue weighted by molar-refractivity contribution is 5.76. The summed E-state index contributed by atoms with van der Waals surface area (Å²) in [6.45, 7) is 0. The molecule has 0 N–H and O–H groups in total. The van der Waals surface area contributed by atoms with E-state index in [0.717, 1.165) is 31.2 Å². The normalized spacial score (nSPS) is 28.4. The van der Waals surface area contributed by atoms with Gasteiger partial charge < -0.3 is 14.2 Å². The van der Waals surface area contributed by atoms with Gasteiger partial charge in [-0.3, -0.25) is 0 Å². The highest BCUT2D eigenvalue weighted by Crippen LogP contribution is 2.46. The van der Waals surface area contributed by atoms with Crippen LogP contribution in [0.3, 0.4) is 0 Å². The van der Waals surface area contributed by atoms with E-state index in [1.165, 1.54) is 13.5 Å². The zero-order chi connectivity index (χ0) is 14.0. The van der Waals surface area contributed by atoms with Gasteiger partial charge in [0.25, 0.3) is 0 Å². The minimum Gasteiger partial charge on any atom is -0.467 e. The monoisotopic (exact) mass is 276 g/mol. The summed E-state index contributed by atoms with van der Waals surface area (Å²) in [7, 11) is 1.39. The molecule has 2 atom stereocenters. The first-order valence-corrected chi connectivity index (χ1v) is 7.22. The number of carbonyl (C=O) groups is 1. The quantitative estimate of drug-likeness (QED) is 0.779. The van der Waals surface area contributed by atoms with Crippen molar-refractivity contribution in [3.63, 3.8) is 0 Å². The van der Waals surface area contributed by atoms with E-state index in [1.54, 1.807) is 0 Å². The molecular formula is C16H20O4. The van der Waals surface area contributed by atoms with E-state index < -0.39 is 11.9 Å². The van der Waals surface area contributed by atoms with Crippen molar-refractivity contribution in [1.29, 1.82) is 0 Å². The Labute approximate surface area is 119 Å². The molecule has 1 aliphatic heterocycles. The molecule has 1 heterocycles. The van der Waals surface area contributed by atoms with E-state index in [1.807, 2.05) is 30.3 Å². The lowest BCUT2D eigenvalue weighted by molar-refractivity contribution is -0.199. The number of hydrogen-bond acceptors (Lipinski definition) is 4. The van der Waals surface area contributed by atoms with Crippen LogP contribution in [0.5, 0.6) is 0 Å². The molecule has 3 rings (SSSR count). The Morgan fingerprint density at radius 1 is 1.15 bits per heavy atom. The van der Waals surface area contributed by atoms with Crippen LogP contribution < -0.4 is 0 Å². The number of carbonyl (C=O) groups excluding carboxylic acids is 1. The fourth-order valence-electron chi connectivity index (χ4n) is 3.11. The van der Waals surface area contributed by atoms with Crippen LogP contribution in [-0.2, 0) is 19.0 Å². The van der Waals surface area contributed by atoms with Crippen molar-refractivity contribution >= 4 is 5.97 Å². The van der Waals surface area contributed by atoms with Crippen molar-refractivity contribution < 1.29 is 19.0 Å². The van der Waals surface area contributed by atoms with Gasteiger partial charge in [0.05, 0.1) is 7.11 Å². The summed E-state index contributed by atoms with van der Waals surface area (Å²) in [5.41, 5.74) is 0.963.